The van der Waals surface area contributed by atoms with Gasteiger partial charge in [-0.15, -0.1) is 0 Å². The van der Waals surface area contributed by atoms with Gasteiger partial charge >= 0.3 is 0 Å². The van der Waals surface area contributed by atoms with Gasteiger partial charge in [-0.1, -0.05) is 72.8 Å². The monoisotopic (exact) mass is 860 g/mol. The number of ether oxygens (including phenoxy) is 4. The second-order valence-electron chi connectivity index (χ2n) is 14.6. The van der Waals surface area contributed by atoms with Crippen LogP contribution in [0.4, 0.5) is 0 Å². The van der Waals surface area contributed by atoms with E-state index in [0.717, 1.165) is 60.8 Å². The molecule has 60 heavy (non-hydrogen) atoms. The molecule has 320 valence electrons. The molecule has 4 atom stereocenters. The molecule has 2 fully saturated rings. The number of rotatable bonds is 6. The Kier molecular flexibility index (Phi) is 16.8. The molecule has 4 aliphatic rings. The maximum Gasteiger partial charge on any atom is 0.274 e. The highest BCUT2D eigenvalue weighted by Crippen LogP contribution is 2.36. The molecule has 0 unspecified atom stereocenters. The van der Waals surface area contributed by atoms with Gasteiger partial charge in [-0.2, -0.15) is 27.0 Å². The highest BCUT2D eigenvalue weighted by atomic mass is 32.1. The van der Waals surface area contributed by atoms with Crippen LogP contribution < -0.4 is 20.4 Å². The van der Waals surface area contributed by atoms with E-state index in [0.29, 0.717) is 37.8 Å². The maximum absolute atomic E-state index is 13.4. The molecule has 0 saturated carbocycles. The van der Waals surface area contributed by atoms with Crippen molar-refractivity contribution in [2.24, 2.45) is 0 Å². The summed E-state index contributed by atoms with van der Waals surface area (Å²) in [4.78, 5) is 53.9. The third-order valence-corrected chi connectivity index (χ3v) is 10.9. The largest absolute Gasteiger partial charge is 0.491 e. The molecule has 0 bridgehead atoms. The van der Waals surface area contributed by atoms with E-state index in [2.05, 4.69) is 0 Å². The molecule has 0 aliphatic carbocycles. The van der Waals surface area contributed by atoms with E-state index in [1.165, 1.54) is 0 Å². The quantitative estimate of drug-likeness (QED) is 0.135. The van der Waals surface area contributed by atoms with Crippen LogP contribution in [0, 0.1) is 0 Å². The fourth-order valence-electron chi connectivity index (χ4n) is 7.76. The number of benzene rings is 4. The lowest BCUT2D eigenvalue weighted by atomic mass is 10.0. The fourth-order valence-corrected chi connectivity index (χ4v) is 7.76. The molecule has 4 aliphatic heterocycles. The van der Waals surface area contributed by atoms with Crippen LogP contribution in [-0.2, 0) is 32.2 Å². The van der Waals surface area contributed by atoms with Crippen molar-refractivity contribution in [1.82, 2.24) is 20.8 Å². The topological polar surface area (TPSA) is 176 Å². The van der Waals surface area contributed by atoms with Crippen LogP contribution in [0.5, 0.6) is 11.5 Å². The lowest BCUT2D eigenvalue weighted by Crippen LogP contribution is -2.44. The van der Waals surface area contributed by atoms with Gasteiger partial charge in [0.05, 0.1) is 25.2 Å². The van der Waals surface area contributed by atoms with Gasteiger partial charge in [0.2, 0.25) is 0 Å². The van der Waals surface area contributed by atoms with Crippen molar-refractivity contribution in [3.05, 3.63) is 130 Å². The average Bonchev–Trinajstić information content (AvgIpc) is 3.61. The van der Waals surface area contributed by atoms with Crippen molar-refractivity contribution in [1.29, 1.82) is 0 Å². The number of nitrogens with zero attached hydrogens (tertiary/aromatic N) is 2. The van der Waals surface area contributed by atoms with Crippen molar-refractivity contribution >= 4 is 50.6 Å². The van der Waals surface area contributed by atoms with E-state index in [1.807, 2.05) is 70.5 Å². The molecule has 4 aromatic rings. The first kappa shape index (κ1) is 46.0. The van der Waals surface area contributed by atoms with Crippen LogP contribution in [0.25, 0.3) is 0 Å². The van der Waals surface area contributed by atoms with Gasteiger partial charge in [-0.25, -0.2) is 11.0 Å². The number of carbonyl (C=O) groups is 4. The first-order valence-electron chi connectivity index (χ1n) is 19.7. The Morgan fingerprint density at radius 2 is 0.950 bits per heavy atom. The smallest absolute Gasteiger partial charge is 0.274 e. The summed E-state index contributed by atoms with van der Waals surface area (Å²) in [7, 11) is 0. The Balaban J connectivity index is 0.000000220. The van der Waals surface area contributed by atoms with E-state index in [4.69, 9.17) is 29.4 Å². The van der Waals surface area contributed by atoms with Crippen molar-refractivity contribution in [3.8, 4) is 11.5 Å². The summed E-state index contributed by atoms with van der Waals surface area (Å²) in [6.45, 7) is 2.45. The molecule has 0 spiro atoms. The number of hydrogen-bond donors (Lipinski definition) is 4. The van der Waals surface area contributed by atoms with Crippen LogP contribution in [0.3, 0.4) is 0 Å². The van der Waals surface area contributed by atoms with E-state index in [-0.39, 0.29) is 75.2 Å². The molecule has 0 radical (unpaired) electrons. The van der Waals surface area contributed by atoms with E-state index < -0.39 is 24.0 Å². The first-order valence-corrected chi connectivity index (χ1v) is 19.7. The molecule has 16 heteroatoms. The zero-order valence-electron chi connectivity index (χ0n) is 33.1. The molecule has 4 aromatic carbocycles. The summed E-state index contributed by atoms with van der Waals surface area (Å²) >= 11 is 0. The first-order chi connectivity index (χ1) is 28.3. The van der Waals surface area contributed by atoms with Gasteiger partial charge < -0.3 is 28.7 Å². The number of fused-ring (bicyclic) bond motifs is 2. The predicted octanol–water partition coefficient (Wildman–Crippen LogP) is 5.90. The molecule has 14 nitrogen and oxygen atoms in total. The molecular formula is C44H52N4O10S2. The minimum absolute atomic E-state index is 0. The van der Waals surface area contributed by atoms with Crippen molar-refractivity contribution in [2.75, 3.05) is 26.4 Å². The van der Waals surface area contributed by atoms with Crippen LogP contribution in [0.2, 0.25) is 0 Å². The molecule has 4 N–H and O–H groups in total. The maximum atomic E-state index is 13.4. The Labute approximate surface area is 362 Å². The number of amides is 4. The molecule has 4 amide bonds. The average molecular weight is 861 g/mol. The fraction of sp³-hybridized carbons (Fsp3) is 0.364. The Morgan fingerprint density at radius 1 is 0.550 bits per heavy atom. The van der Waals surface area contributed by atoms with Gasteiger partial charge in [0.1, 0.15) is 36.9 Å². The summed E-state index contributed by atoms with van der Waals surface area (Å²) in [6.07, 6.45) is 4.49. The van der Waals surface area contributed by atoms with Crippen LogP contribution in [0.1, 0.15) is 93.6 Å². The standard InChI is InChI=1S/2C22H24N2O5.2H2S/c2*25-21(23-27)16-9-10-17-13-24(22(26)19-8-4-5-11-28-19)18(14-29-20(17)12-16)15-6-2-1-3-7-15;;/h2*1-3,6-7,9-10,12,18-19,27H,4-5,8,11,13-14H2,(H,23,25);2*1H2/t18-,19+;18-,19-;;/m11../s1. The minimum Gasteiger partial charge on any atom is -0.491 e. The number of hydroxylamine groups is 2. The number of hydrogen-bond acceptors (Lipinski definition) is 10. The molecule has 4 heterocycles. The molecule has 0 aromatic heterocycles. The highest BCUT2D eigenvalue weighted by molar-refractivity contribution is 7.59. The zero-order chi connectivity index (χ0) is 40.4. The van der Waals surface area contributed by atoms with Crippen molar-refractivity contribution in [3.63, 3.8) is 0 Å². The Hall–Kier alpha value is -5.10. The second kappa shape index (κ2) is 21.9. The van der Waals surface area contributed by atoms with Crippen LogP contribution in [-0.4, -0.2) is 82.5 Å². The summed E-state index contributed by atoms with van der Waals surface area (Å²) < 4.78 is 23.6. The third kappa shape index (κ3) is 10.8. The third-order valence-electron chi connectivity index (χ3n) is 10.9. The number of nitrogens with one attached hydrogen (secondary N) is 2. The summed E-state index contributed by atoms with van der Waals surface area (Å²) in [5, 5.41) is 17.8. The summed E-state index contributed by atoms with van der Waals surface area (Å²) in [6, 6.07) is 29.0. The van der Waals surface area contributed by atoms with Gasteiger partial charge in [-0.05, 0) is 73.9 Å². The Bertz CT molecular complexity index is 1920. The Morgan fingerprint density at radius 3 is 1.30 bits per heavy atom. The van der Waals surface area contributed by atoms with Gasteiger partial charge in [0.15, 0.2) is 0 Å². The normalized spacial score (nSPS) is 20.8. The lowest BCUT2D eigenvalue weighted by Gasteiger charge is -2.33. The molecule has 2 saturated heterocycles. The molecule has 8 rings (SSSR count). The van der Waals surface area contributed by atoms with Gasteiger partial charge in [0.25, 0.3) is 23.6 Å². The summed E-state index contributed by atoms with van der Waals surface area (Å²) in [5.74, 6) is -0.217. The van der Waals surface area contributed by atoms with Gasteiger partial charge in [0, 0.05) is 35.5 Å². The van der Waals surface area contributed by atoms with E-state index >= 15 is 0 Å². The number of carbonyl (C=O) groups excluding carboxylic acids is 4. The zero-order valence-corrected chi connectivity index (χ0v) is 35.1. The SMILES string of the molecule is O=C(NO)c1ccc2c(c1)OC[C@H](c1ccccc1)N(C(=O)[C@@H]1CCCCO1)C2.O=C(NO)c1ccc2c(c1)OC[C@H](c1ccccc1)N(C(=O)[C@H]1CCCCO1)C2.S.S. The second-order valence-corrected chi connectivity index (χ2v) is 14.6. The lowest BCUT2D eigenvalue weighted by molar-refractivity contribution is -0.150. The van der Waals surface area contributed by atoms with Crippen LogP contribution >= 0.6 is 27.0 Å². The van der Waals surface area contributed by atoms with Gasteiger partial charge in [-0.3, -0.25) is 29.6 Å². The minimum atomic E-state index is -0.608. The van der Waals surface area contributed by atoms with E-state index in [1.54, 1.807) is 47.4 Å². The van der Waals surface area contributed by atoms with Crippen molar-refractivity contribution in [2.45, 2.75) is 75.9 Å². The predicted molar refractivity (Wildman–Crippen MR) is 230 cm³/mol. The highest BCUT2D eigenvalue weighted by Gasteiger charge is 2.37. The summed E-state index contributed by atoms with van der Waals surface area (Å²) in [5.41, 5.74) is 7.43. The van der Waals surface area contributed by atoms with Crippen molar-refractivity contribution < 1.29 is 48.5 Å². The van der Waals surface area contributed by atoms with E-state index in [9.17, 15) is 19.2 Å². The molecular weight excluding hydrogens is 809 g/mol. The van der Waals surface area contributed by atoms with Crippen LogP contribution in [0.15, 0.2) is 97.1 Å².